The van der Waals surface area contributed by atoms with Gasteiger partial charge in [-0.3, -0.25) is 4.57 Å². The predicted molar refractivity (Wildman–Crippen MR) is 72.3 cm³/mol. The Hall–Kier alpha value is -1.81. The molecule has 3 heterocycles. The first kappa shape index (κ1) is 14.1. The minimum Gasteiger partial charge on any atom is -0.394 e. The maximum atomic E-state index is 9.42. The summed E-state index contributed by atoms with van der Waals surface area (Å²) in [5.74, 6) is 0.299. The van der Waals surface area contributed by atoms with E-state index in [1.165, 1.54) is 6.33 Å². The fourth-order valence-electron chi connectivity index (χ4n) is 2.67. The number of nitrogen functional groups attached to an aromatic ring is 1. The van der Waals surface area contributed by atoms with Crippen LogP contribution >= 0.6 is 0 Å². The minimum absolute atomic E-state index is 0.168. The number of nitrogens with two attached hydrogens (primary N) is 1. The van der Waals surface area contributed by atoms with Crippen LogP contribution in [0.25, 0.3) is 11.2 Å². The summed E-state index contributed by atoms with van der Waals surface area (Å²) in [5.41, 5.74) is 6.82. The van der Waals surface area contributed by atoms with Gasteiger partial charge >= 0.3 is 0 Å². The number of aromatic nitrogens is 4. The van der Waals surface area contributed by atoms with Gasteiger partial charge in [0, 0.05) is 14.2 Å². The summed E-state index contributed by atoms with van der Waals surface area (Å²) in [5, 5.41) is 9.42. The summed E-state index contributed by atoms with van der Waals surface area (Å²) < 4.78 is 18.4. The number of aliphatic hydroxyl groups excluding tert-OH is 1. The van der Waals surface area contributed by atoms with Crippen LogP contribution in [0.1, 0.15) is 6.23 Å². The molecule has 114 valence electrons. The van der Waals surface area contributed by atoms with E-state index >= 15 is 0 Å². The molecule has 0 amide bonds. The molecule has 0 bridgehead atoms. The summed E-state index contributed by atoms with van der Waals surface area (Å²) in [4.78, 5) is 12.3. The van der Waals surface area contributed by atoms with Gasteiger partial charge in [-0.2, -0.15) is 0 Å². The van der Waals surface area contributed by atoms with Crippen molar-refractivity contribution >= 4 is 17.0 Å². The lowest BCUT2D eigenvalue weighted by Crippen LogP contribution is -2.36. The van der Waals surface area contributed by atoms with E-state index in [0.29, 0.717) is 17.0 Å². The molecular weight excluding hydrogens is 278 g/mol. The Balaban J connectivity index is 2.03. The molecule has 1 fully saturated rings. The molecule has 3 N–H and O–H groups in total. The number of anilines is 1. The zero-order valence-corrected chi connectivity index (χ0v) is 11.7. The van der Waals surface area contributed by atoms with E-state index in [0.717, 1.165) is 0 Å². The highest BCUT2D eigenvalue weighted by Gasteiger charge is 2.46. The van der Waals surface area contributed by atoms with Crippen LogP contribution in [0.5, 0.6) is 0 Å². The van der Waals surface area contributed by atoms with Crippen molar-refractivity contribution in [3.8, 4) is 0 Å². The fourth-order valence-corrected chi connectivity index (χ4v) is 2.67. The summed E-state index contributed by atoms with van der Waals surface area (Å²) in [6.07, 6.45) is 1.14. The van der Waals surface area contributed by atoms with Crippen molar-refractivity contribution in [2.75, 3.05) is 26.6 Å². The highest BCUT2D eigenvalue weighted by molar-refractivity contribution is 5.81. The Bertz CT molecular complexity index is 633. The number of methoxy groups -OCH3 is 2. The second-order valence-electron chi connectivity index (χ2n) is 4.73. The molecule has 1 aliphatic rings. The van der Waals surface area contributed by atoms with Crippen molar-refractivity contribution in [3.05, 3.63) is 12.7 Å². The van der Waals surface area contributed by atoms with E-state index in [4.69, 9.17) is 19.9 Å². The molecule has 2 aromatic rings. The first-order valence-electron chi connectivity index (χ1n) is 6.46. The molecule has 1 saturated heterocycles. The predicted octanol–water partition coefficient (Wildman–Crippen LogP) is -0.672. The van der Waals surface area contributed by atoms with Crippen LogP contribution in [0.3, 0.4) is 0 Å². The van der Waals surface area contributed by atoms with Crippen molar-refractivity contribution in [2.24, 2.45) is 0 Å². The topological polar surface area (TPSA) is 118 Å². The van der Waals surface area contributed by atoms with E-state index in [1.54, 1.807) is 25.1 Å². The molecule has 3 rings (SSSR count). The van der Waals surface area contributed by atoms with Crippen molar-refractivity contribution in [1.29, 1.82) is 0 Å². The van der Waals surface area contributed by atoms with Gasteiger partial charge in [0.15, 0.2) is 17.7 Å². The minimum atomic E-state index is -0.517. The number of hydrogen-bond acceptors (Lipinski definition) is 8. The van der Waals surface area contributed by atoms with E-state index in [2.05, 4.69) is 15.0 Å². The van der Waals surface area contributed by atoms with Crippen molar-refractivity contribution in [3.63, 3.8) is 0 Å². The van der Waals surface area contributed by atoms with Crippen LogP contribution in [0.4, 0.5) is 5.82 Å². The average molecular weight is 295 g/mol. The highest BCUT2D eigenvalue weighted by atomic mass is 16.6. The van der Waals surface area contributed by atoms with Gasteiger partial charge in [0.25, 0.3) is 0 Å². The molecule has 21 heavy (non-hydrogen) atoms. The molecule has 0 spiro atoms. The molecule has 0 aliphatic carbocycles. The van der Waals surface area contributed by atoms with E-state index in [1.807, 2.05) is 0 Å². The summed E-state index contributed by atoms with van der Waals surface area (Å²) in [6, 6.07) is 0. The lowest BCUT2D eigenvalue weighted by molar-refractivity contribution is -0.0583. The first-order valence-corrected chi connectivity index (χ1v) is 6.46. The van der Waals surface area contributed by atoms with Gasteiger partial charge < -0.3 is 25.1 Å². The van der Waals surface area contributed by atoms with Crippen molar-refractivity contribution in [2.45, 2.75) is 24.5 Å². The summed E-state index contributed by atoms with van der Waals surface area (Å²) >= 11 is 0. The van der Waals surface area contributed by atoms with E-state index in [9.17, 15) is 5.11 Å². The van der Waals surface area contributed by atoms with Crippen LogP contribution in [0, 0.1) is 0 Å². The molecule has 1 aliphatic heterocycles. The van der Waals surface area contributed by atoms with Crippen LogP contribution in [-0.4, -0.2) is 63.8 Å². The number of hydrogen-bond donors (Lipinski definition) is 2. The Morgan fingerprint density at radius 2 is 2.05 bits per heavy atom. The number of aliphatic hydroxyl groups is 1. The van der Waals surface area contributed by atoms with Crippen LogP contribution in [0.2, 0.25) is 0 Å². The fraction of sp³-hybridized carbons (Fsp3) is 0.583. The van der Waals surface area contributed by atoms with Gasteiger partial charge in [0.2, 0.25) is 0 Å². The summed E-state index contributed by atoms with van der Waals surface area (Å²) in [7, 11) is 3.12. The second-order valence-corrected chi connectivity index (χ2v) is 4.73. The third-order valence-corrected chi connectivity index (χ3v) is 3.67. The Morgan fingerprint density at radius 1 is 1.29 bits per heavy atom. The molecule has 0 radical (unpaired) electrons. The summed E-state index contributed by atoms with van der Waals surface area (Å²) in [6.45, 7) is -0.168. The zero-order chi connectivity index (χ0) is 15.0. The van der Waals surface area contributed by atoms with Crippen LogP contribution in [-0.2, 0) is 14.2 Å². The third kappa shape index (κ3) is 2.14. The quantitative estimate of drug-likeness (QED) is 0.762. The normalized spacial score (nSPS) is 29.3. The number of nitrogens with zero attached hydrogens (tertiary/aromatic N) is 4. The van der Waals surface area contributed by atoms with Gasteiger partial charge in [-0.05, 0) is 0 Å². The molecule has 0 unspecified atom stereocenters. The highest BCUT2D eigenvalue weighted by Crippen LogP contribution is 2.34. The molecule has 9 heteroatoms. The molecule has 2 aromatic heterocycles. The number of imidazole rings is 1. The van der Waals surface area contributed by atoms with Crippen molar-refractivity contribution in [1.82, 2.24) is 19.5 Å². The Labute approximate surface area is 120 Å². The van der Waals surface area contributed by atoms with Crippen LogP contribution in [0.15, 0.2) is 12.7 Å². The lowest BCUT2D eigenvalue weighted by Gasteiger charge is -2.21. The second kappa shape index (κ2) is 5.53. The Morgan fingerprint density at radius 3 is 2.71 bits per heavy atom. The molecule has 0 aromatic carbocycles. The van der Waals surface area contributed by atoms with E-state index < -0.39 is 18.4 Å². The van der Waals surface area contributed by atoms with Crippen molar-refractivity contribution < 1.29 is 19.3 Å². The number of rotatable bonds is 4. The number of fused-ring (bicyclic) bond motifs is 1. The Kier molecular flexibility index (Phi) is 3.72. The molecule has 0 saturated carbocycles. The third-order valence-electron chi connectivity index (χ3n) is 3.67. The van der Waals surface area contributed by atoms with Crippen LogP contribution < -0.4 is 5.73 Å². The lowest BCUT2D eigenvalue weighted by atomic mass is 10.1. The van der Waals surface area contributed by atoms with Gasteiger partial charge in [0.1, 0.15) is 30.2 Å². The zero-order valence-electron chi connectivity index (χ0n) is 11.7. The molecular formula is C12H17N5O4. The SMILES string of the molecule is CO[C@@H]1[C@H](OC)[C@@H](CO)O[C@H]1n1cnc2c(N)ncnc21. The standard InChI is InChI=1S/C12H17N5O4/c1-19-8-6(3-18)21-12(9(8)20-2)17-5-16-7-10(13)14-4-15-11(7)17/h4-6,8-9,12,18H,3H2,1-2H3,(H2,13,14,15)/t6-,8-,9-,12-/m1/s1. The first-order chi connectivity index (χ1) is 10.2. The smallest absolute Gasteiger partial charge is 0.167 e. The van der Waals surface area contributed by atoms with Gasteiger partial charge in [-0.1, -0.05) is 0 Å². The molecule has 4 atom stereocenters. The maximum absolute atomic E-state index is 9.42. The average Bonchev–Trinajstić information content (AvgIpc) is 3.07. The largest absolute Gasteiger partial charge is 0.394 e. The maximum Gasteiger partial charge on any atom is 0.167 e. The van der Waals surface area contributed by atoms with E-state index in [-0.39, 0.29) is 12.7 Å². The van der Waals surface area contributed by atoms with Gasteiger partial charge in [0.05, 0.1) is 12.9 Å². The monoisotopic (exact) mass is 295 g/mol. The van der Waals surface area contributed by atoms with Gasteiger partial charge in [-0.15, -0.1) is 0 Å². The molecule has 9 nitrogen and oxygen atoms in total. The van der Waals surface area contributed by atoms with Gasteiger partial charge in [-0.25, -0.2) is 15.0 Å². The number of ether oxygens (including phenoxy) is 3.